The third kappa shape index (κ3) is 7.77. The van der Waals surface area contributed by atoms with Crippen LogP contribution in [0.1, 0.15) is 72.1 Å². The van der Waals surface area contributed by atoms with Gasteiger partial charge in [0, 0.05) is 33.3 Å². The van der Waals surface area contributed by atoms with Gasteiger partial charge in [0.25, 0.3) is 0 Å². The first-order chi connectivity index (χ1) is 16.4. The van der Waals surface area contributed by atoms with E-state index in [1.165, 1.54) is 38.5 Å². The van der Waals surface area contributed by atoms with Gasteiger partial charge in [-0.25, -0.2) is 4.79 Å². The number of unbranched alkanes of at least 4 members (excludes halogenated alkanes) is 7. The number of carbonyl (C=O) groups is 1. The molecule has 1 N–H and O–H groups in total. The summed E-state index contributed by atoms with van der Waals surface area (Å²) < 4.78 is 36.3. The first-order valence-electron chi connectivity index (χ1n) is 13.2. The van der Waals surface area contributed by atoms with Crippen molar-refractivity contribution in [1.82, 2.24) is 10.2 Å². The van der Waals surface area contributed by atoms with Crippen molar-refractivity contribution in [3.8, 4) is 0 Å². The molecule has 34 heavy (non-hydrogen) atoms. The fourth-order valence-corrected chi connectivity index (χ4v) is 5.02. The number of rotatable bonds is 14. The van der Waals surface area contributed by atoms with Gasteiger partial charge in [0.15, 0.2) is 18.0 Å². The molecule has 0 aromatic rings. The van der Waals surface area contributed by atoms with Gasteiger partial charge in [-0.1, -0.05) is 51.9 Å². The topological polar surface area (TPSA) is 87.7 Å². The molecule has 9 nitrogen and oxygen atoms in total. The molecule has 9 heteroatoms. The molecular weight excluding hydrogens is 440 g/mol. The Bertz CT molecular complexity index is 614. The minimum Gasteiger partial charge on any atom is -0.440 e. The lowest BCUT2D eigenvalue weighted by atomic mass is 10.0. The maximum Gasteiger partial charge on any atom is 0.407 e. The molecule has 0 bridgehead atoms. The van der Waals surface area contributed by atoms with Crippen molar-refractivity contribution in [3.05, 3.63) is 0 Å². The van der Waals surface area contributed by atoms with Gasteiger partial charge in [-0.05, 0) is 20.3 Å². The third-order valence-electron chi connectivity index (χ3n) is 6.71. The number of nitrogens with zero attached hydrogens (tertiary/aromatic N) is 1. The van der Waals surface area contributed by atoms with Gasteiger partial charge in [-0.15, -0.1) is 0 Å². The largest absolute Gasteiger partial charge is 0.440 e. The zero-order valence-corrected chi connectivity index (χ0v) is 21.6. The van der Waals surface area contributed by atoms with E-state index in [9.17, 15) is 4.79 Å². The lowest BCUT2D eigenvalue weighted by molar-refractivity contribution is -0.279. The maximum atomic E-state index is 12.2. The molecule has 0 saturated carbocycles. The van der Waals surface area contributed by atoms with E-state index in [0.29, 0.717) is 26.4 Å². The van der Waals surface area contributed by atoms with Gasteiger partial charge in [0.1, 0.15) is 12.7 Å². The van der Waals surface area contributed by atoms with Crippen LogP contribution in [0.4, 0.5) is 4.79 Å². The van der Waals surface area contributed by atoms with Crippen LogP contribution in [0.5, 0.6) is 0 Å². The van der Waals surface area contributed by atoms with E-state index in [2.05, 4.69) is 17.1 Å². The van der Waals surface area contributed by atoms with Crippen molar-refractivity contribution in [1.29, 1.82) is 0 Å². The first kappa shape index (κ1) is 27.6. The monoisotopic (exact) mass is 486 g/mol. The second-order valence-corrected chi connectivity index (χ2v) is 10.1. The van der Waals surface area contributed by atoms with Crippen LogP contribution in [0, 0.1) is 0 Å². The molecule has 3 saturated heterocycles. The second-order valence-electron chi connectivity index (χ2n) is 10.1. The second kappa shape index (κ2) is 13.4. The summed E-state index contributed by atoms with van der Waals surface area (Å²) in [7, 11) is 1.55. The Morgan fingerprint density at radius 1 is 1.03 bits per heavy atom. The molecule has 0 radical (unpaired) electrons. The number of amides is 1. The van der Waals surface area contributed by atoms with Crippen LogP contribution >= 0.6 is 0 Å². The normalized spacial score (nSPS) is 30.9. The molecule has 198 valence electrons. The quantitative estimate of drug-likeness (QED) is 0.374. The number of nitrogens with one attached hydrogen (secondary N) is 1. The number of morpholine rings is 1. The molecule has 0 aliphatic carbocycles. The van der Waals surface area contributed by atoms with E-state index >= 15 is 0 Å². The van der Waals surface area contributed by atoms with Gasteiger partial charge in [0.05, 0.1) is 13.2 Å². The third-order valence-corrected chi connectivity index (χ3v) is 6.71. The molecule has 3 fully saturated rings. The smallest absolute Gasteiger partial charge is 0.407 e. The Labute approximate surface area is 205 Å². The van der Waals surface area contributed by atoms with Crippen LogP contribution in [0.25, 0.3) is 0 Å². The van der Waals surface area contributed by atoms with Crippen LogP contribution in [0.2, 0.25) is 0 Å². The number of fused-ring (bicyclic) bond motifs is 1. The lowest BCUT2D eigenvalue weighted by Gasteiger charge is -2.32. The van der Waals surface area contributed by atoms with E-state index in [4.69, 9.17) is 28.4 Å². The van der Waals surface area contributed by atoms with E-state index in [1.54, 1.807) is 7.05 Å². The molecule has 0 aromatic heterocycles. The summed E-state index contributed by atoms with van der Waals surface area (Å²) in [5, 5.41) is 2.54. The maximum absolute atomic E-state index is 12.2. The average molecular weight is 487 g/mol. The van der Waals surface area contributed by atoms with Crippen molar-refractivity contribution >= 4 is 6.09 Å². The highest BCUT2D eigenvalue weighted by atomic mass is 16.9. The molecule has 3 rings (SSSR count). The Balaban J connectivity index is 1.54. The predicted molar refractivity (Wildman–Crippen MR) is 128 cm³/mol. The molecule has 3 aliphatic rings. The Morgan fingerprint density at radius 3 is 2.38 bits per heavy atom. The van der Waals surface area contributed by atoms with Crippen molar-refractivity contribution in [2.24, 2.45) is 0 Å². The Morgan fingerprint density at radius 2 is 1.71 bits per heavy atom. The van der Waals surface area contributed by atoms with Gasteiger partial charge in [-0.3, -0.25) is 4.90 Å². The van der Waals surface area contributed by atoms with Gasteiger partial charge in [0.2, 0.25) is 5.79 Å². The van der Waals surface area contributed by atoms with Crippen LogP contribution in [-0.2, 0) is 28.4 Å². The van der Waals surface area contributed by atoms with E-state index < -0.39 is 29.9 Å². The molecule has 3 aliphatic heterocycles. The standard InChI is InChI=1S/C25H46N2O7/c1-5-6-7-8-9-10-11-12-15-30-19-25-22(33-24(2,3)34-25)21(31-23(28)26-4)20(32-25)18-27-13-16-29-17-14-27/h20-22H,5-19H2,1-4H3,(H,26,28)/t20-,21+,22-,25-/m0/s1. The summed E-state index contributed by atoms with van der Waals surface area (Å²) >= 11 is 0. The SMILES string of the molecule is CCCCCCCCCCOC[C@@]12O[C@@H](CN3CCOCC3)[C@@H](OC(=O)NC)[C@@H]1OC(C)(C)O2. The highest BCUT2D eigenvalue weighted by Crippen LogP contribution is 2.47. The summed E-state index contributed by atoms with van der Waals surface area (Å²) in [6, 6.07) is 0. The van der Waals surface area contributed by atoms with Crippen LogP contribution in [-0.4, -0.2) is 94.0 Å². The Kier molecular flexibility index (Phi) is 10.9. The molecule has 0 aromatic carbocycles. The number of carbonyl (C=O) groups excluding carboxylic acids is 1. The molecule has 3 heterocycles. The minimum absolute atomic E-state index is 0.241. The number of hydrogen-bond donors (Lipinski definition) is 1. The molecule has 4 atom stereocenters. The Hall–Kier alpha value is -0.970. The van der Waals surface area contributed by atoms with Gasteiger partial charge < -0.3 is 33.7 Å². The highest BCUT2D eigenvalue weighted by Gasteiger charge is 2.66. The van der Waals surface area contributed by atoms with Crippen LogP contribution in [0.3, 0.4) is 0 Å². The van der Waals surface area contributed by atoms with E-state index in [1.807, 2.05) is 13.8 Å². The predicted octanol–water partition coefficient (Wildman–Crippen LogP) is 3.45. The van der Waals surface area contributed by atoms with E-state index in [0.717, 1.165) is 25.9 Å². The fraction of sp³-hybridized carbons (Fsp3) is 0.960. The lowest BCUT2D eigenvalue weighted by Crippen LogP contribution is -2.48. The van der Waals surface area contributed by atoms with Crippen molar-refractivity contribution < 1.29 is 33.2 Å². The van der Waals surface area contributed by atoms with E-state index in [-0.39, 0.29) is 12.7 Å². The molecule has 0 unspecified atom stereocenters. The summed E-state index contributed by atoms with van der Waals surface area (Å²) in [6.07, 6.45) is 7.93. The summed E-state index contributed by atoms with van der Waals surface area (Å²) in [5.74, 6) is -1.96. The molecule has 1 amide bonds. The minimum atomic E-state index is -1.10. The zero-order valence-electron chi connectivity index (χ0n) is 21.6. The first-order valence-corrected chi connectivity index (χ1v) is 13.2. The van der Waals surface area contributed by atoms with Crippen molar-refractivity contribution in [2.75, 3.05) is 53.1 Å². The van der Waals surface area contributed by atoms with Gasteiger partial charge >= 0.3 is 6.09 Å². The highest BCUT2D eigenvalue weighted by molar-refractivity contribution is 5.67. The van der Waals surface area contributed by atoms with Gasteiger partial charge in [-0.2, -0.15) is 0 Å². The summed E-state index contributed by atoms with van der Waals surface area (Å²) in [6.45, 7) is 10.4. The number of hydrogen-bond acceptors (Lipinski definition) is 8. The molecular formula is C25H46N2O7. The summed E-state index contributed by atoms with van der Waals surface area (Å²) in [5.41, 5.74) is 0. The summed E-state index contributed by atoms with van der Waals surface area (Å²) in [4.78, 5) is 14.4. The van der Waals surface area contributed by atoms with Crippen molar-refractivity contribution in [3.63, 3.8) is 0 Å². The number of alkyl carbamates (subject to hydrolysis) is 1. The zero-order chi connectivity index (χ0) is 24.4. The van der Waals surface area contributed by atoms with Crippen LogP contribution in [0.15, 0.2) is 0 Å². The molecule has 0 spiro atoms. The number of ether oxygens (including phenoxy) is 6. The van der Waals surface area contributed by atoms with Crippen molar-refractivity contribution in [2.45, 2.75) is 102 Å². The average Bonchev–Trinajstić information content (AvgIpc) is 3.22. The van der Waals surface area contributed by atoms with Crippen LogP contribution < -0.4 is 5.32 Å². The fourth-order valence-electron chi connectivity index (χ4n) is 5.02.